The molecule has 0 unspecified atom stereocenters. The molecule has 0 radical (unpaired) electrons. The number of nitrogens with one attached hydrogen (secondary N) is 2. The lowest BCUT2D eigenvalue weighted by atomic mass is 10.1. The van der Waals surface area contributed by atoms with Crippen LogP contribution >= 0.6 is 11.6 Å². The molecule has 2 N–H and O–H groups in total. The molecule has 0 aromatic heterocycles. The molecule has 0 aliphatic carbocycles. The lowest BCUT2D eigenvalue weighted by Gasteiger charge is -2.13. The van der Waals surface area contributed by atoms with Gasteiger partial charge in [-0.25, -0.2) is 5.43 Å². The van der Waals surface area contributed by atoms with Crippen LogP contribution in [0.2, 0.25) is 5.02 Å². The lowest BCUT2D eigenvalue weighted by molar-refractivity contribution is -0.139. The minimum atomic E-state index is -0.857. The molecule has 2 amide bonds. The van der Waals surface area contributed by atoms with E-state index in [2.05, 4.69) is 15.8 Å². The first-order valence-electron chi connectivity index (χ1n) is 10.2. The van der Waals surface area contributed by atoms with E-state index in [0.29, 0.717) is 28.7 Å². The number of rotatable bonds is 8. The first kappa shape index (κ1) is 23.8. The van der Waals surface area contributed by atoms with Crippen molar-refractivity contribution in [2.24, 2.45) is 5.10 Å². The summed E-state index contributed by atoms with van der Waals surface area (Å²) in [5.41, 5.74) is 4.75. The molecule has 0 saturated carbocycles. The quantitative estimate of drug-likeness (QED) is 0.295. The van der Waals surface area contributed by atoms with Crippen LogP contribution in [0.4, 0.5) is 0 Å². The summed E-state index contributed by atoms with van der Waals surface area (Å²) in [6.07, 6.45) is 1.41. The van der Waals surface area contributed by atoms with Gasteiger partial charge in [-0.2, -0.15) is 5.10 Å². The fraction of sp³-hybridized carbons (Fsp3) is 0.160. The maximum Gasteiger partial charge on any atom is 0.329 e. The van der Waals surface area contributed by atoms with Gasteiger partial charge in [-0.1, -0.05) is 54.1 Å². The molecule has 0 spiro atoms. The van der Waals surface area contributed by atoms with Crippen molar-refractivity contribution in [3.63, 3.8) is 0 Å². The molecule has 0 aliphatic rings. The van der Waals surface area contributed by atoms with Gasteiger partial charge in [-0.15, -0.1) is 0 Å². The molecule has 3 rings (SSSR count). The number of benzene rings is 3. The zero-order valence-electron chi connectivity index (χ0n) is 18.2. The second kappa shape index (κ2) is 11.7. The minimum Gasteiger partial charge on any atom is -0.493 e. The Morgan fingerprint density at radius 3 is 2.42 bits per heavy atom. The van der Waals surface area contributed by atoms with Crippen molar-refractivity contribution in [3.8, 4) is 11.5 Å². The summed E-state index contributed by atoms with van der Waals surface area (Å²) in [4.78, 5) is 24.1. The van der Waals surface area contributed by atoms with Crippen molar-refractivity contribution >= 4 is 29.6 Å². The highest BCUT2D eigenvalue weighted by molar-refractivity contribution is 6.35. The summed E-state index contributed by atoms with van der Waals surface area (Å²) in [7, 11) is 1.53. The lowest BCUT2D eigenvalue weighted by Crippen LogP contribution is -2.39. The smallest absolute Gasteiger partial charge is 0.329 e. The van der Waals surface area contributed by atoms with Gasteiger partial charge in [0.1, 0.15) is 6.61 Å². The Bertz CT molecular complexity index is 1120. The van der Waals surface area contributed by atoms with Gasteiger partial charge in [0.2, 0.25) is 0 Å². The maximum atomic E-state index is 12.1. The zero-order valence-corrected chi connectivity index (χ0v) is 19.0. The first-order valence-corrected chi connectivity index (χ1v) is 10.6. The SMILES string of the molecule is COc1cc(/C=N\NC(=O)C(=O)N[C@H](C)c2ccccc2)ccc1OCc1ccc(Cl)cc1. The molecule has 170 valence electrons. The number of carbonyl (C=O) groups excluding carboxylic acids is 2. The number of ether oxygens (including phenoxy) is 2. The summed E-state index contributed by atoms with van der Waals surface area (Å²) in [5, 5.41) is 7.15. The van der Waals surface area contributed by atoms with Gasteiger partial charge in [0.15, 0.2) is 11.5 Å². The Balaban J connectivity index is 1.54. The average Bonchev–Trinajstić information content (AvgIpc) is 2.84. The van der Waals surface area contributed by atoms with Crippen molar-refractivity contribution in [2.75, 3.05) is 7.11 Å². The van der Waals surface area contributed by atoms with Crippen LogP contribution in [0.15, 0.2) is 77.9 Å². The second-order valence-electron chi connectivity index (χ2n) is 7.13. The molecule has 7 nitrogen and oxygen atoms in total. The van der Waals surface area contributed by atoms with Crippen molar-refractivity contribution in [2.45, 2.75) is 19.6 Å². The molecule has 8 heteroatoms. The summed E-state index contributed by atoms with van der Waals surface area (Å²) in [6, 6.07) is 21.6. The fourth-order valence-corrected chi connectivity index (χ4v) is 3.05. The van der Waals surface area contributed by atoms with Crippen LogP contribution in [0.25, 0.3) is 0 Å². The van der Waals surface area contributed by atoms with Gasteiger partial charge >= 0.3 is 11.8 Å². The molecule has 0 fully saturated rings. The highest BCUT2D eigenvalue weighted by atomic mass is 35.5. The van der Waals surface area contributed by atoms with Gasteiger partial charge in [-0.3, -0.25) is 9.59 Å². The van der Waals surface area contributed by atoms with Gasteiger partial charge < -0.3 is 14.8 Å². The van der Waals surface area contributed by atoms with E-state index in [1.807, 2.05) is 42.5 Å². The van der Waals surface area contributed by atoms with E-state index >= 15 is 0 Å². The number of carbonyl (C=O) groups is 2. The van der Waals surface area contributed by atoms with E-state index < -0.39 is 11.8 Å². The highest BCUT2D eigenvalue weighted by Crippen LogP contribution is 2.28. The predicted molar refractivity (Wildman–Crippen MR) is 128 cm³/mol. The minimum absolute atomic E-state index is 0.307. The number of hydrazone groups is 1. The Labute approximate surface area is 197 Å². The number of nitrogens with zero attached hydrogens (tertiary/aromatic N) is 1. The van der Waals surface area contributed by atoms with E-state index in [1.54, 1.807) is 37.3 Å². The van der Waals surface area contributed by atoms with Crippen molar-refractivity contribution in [1.29, 1.82) is 0 Å². The molecule has 3 aromatic rings. The van der Waals surface area contributed by atoms with E-state index in [4.69, 9.17) is 21.1 Å². The summed E-state index contributed by atoms with van der Waals surface area (Å²) in [5.74, 6) is -0.562. The Morgan fingerprint density at radius 1 is 1.00 bits per heavy atom. The molecular formula is C25H24ClN3O4. The fourth-order valence-electron chi connectivity index (χ4n) is 2.93. The largest absolute Gasteiger partial charge is 0.493 e. The van der Waals surface area contributed by atoms with Crippen LogP contribution in [0, 0.1) is 0 Å². The third-order valence-electron chi connectivity index (χ3n) is 4.73. The summed E-state index contributed by atoms with van der Waals surface area (Å²) >= 11 is 5.90. The van der Waals surface area contributed by atoms with Crippen molar-refractivity contribution in [1.82, 2.24) is 10.7 Å². The van der Waals surface area contributed by atoms with Crippen molar-refractivity contribution < 1.29 is 19.1 Å². The number of amides is 2. The Kier molecular flexibility index (Phi) is 8.43. The van der Waals surface area contributed by atoms with Crippen LogP contribution in [-0.2, 0) is 16.2 Å². The Hall–Kier alpha value is -3.84. The highest BCUT2D eigenvalue weighted by Gasteiger charge is 2.16. The molecule has 0 bridgehead atoms. The summed E-state index contributed by atoms with van der Waals surface area (Å²) in [6.45, 7) is 2.15. The molecule has 3 aromatic carbocycles. The number of methoxy groups -OCH3 is 1. The number of halogens is 1. The van der Waals surface area contributed by atoms with Gasteiger partial charge in [-0.05, 0) is 53.9 Å². The number of hydrogen-bond acceptors (Lipinski definition) is 5. The first-order chi connectivity index (χ1) is 16.0. The Morgan fingerprint density at radius 2 is 1.73 bits per heavy atom. The maximum absolute atomic E-state index is 12.1. The predicted octanol–water partition coefficient (Wildman–Crippen LogP) is 4.26. The molecule has 33 heavy (non-hydrogen) atoms. The standard InChI is InChI=1S/C25H24ClN3O4/c1-17(20-6-4-3-5-7-20)28-24(30)25(31)29-27-15-19-10-13-22(23(14-19)32-2)33-16-18-8-11-21(26)12-9-18/h3-15,17H,16H2,1-2H3,(H,28,30)(H,29,31)/b27-15-/t17-/m1/s1. The summed E-state index contributed by atoms with van der Waals surface area (Å²) < 4.78 is 11.2. The van der Waals surface area contributed by atoms with Crippen LogP contribution in [0.1, 0.15) is 29.7 Å². The van der Waals surface area contributed by atoms with Gasteiger partial charge in [0.25, 0.3) is 0 Å². The third kappa shape index (κ3) is 7.08. The molecule has 0 heterocycles. The van der Waals surface area contributed by atoms with Gasteiger partial charge in [0, 0.05) is 5.02 Å². The van der Waals surface area contributed by atoms with E-state index in [-0.39, 0.29) is 6.04 Å². The topological polar surface area (TPSA) is 89.0 Å². The zero-order chi connectivity index (χ0) is 23.6. The van der Waals surface area contributed by atoms with Crippen LogP contribution in [0.3, 0.4) is 0 Å². The molecular weight excluding hydrogens is 442 g/mol. The van der Waals surface area contributed by atoms with Gasteiger partial charge in [0.05, 0.1) is 19.4 Å². The van der Waals surface area contributed by atoms with E-state index in [9.17, 15) is 9.59 Å². The van der Waals surface area contributed by atoms with Crippen molar-refractivity contribution in [3.05, 3.63) is 94.5 Å². The molecule has 0 aliphatic heterocycles. The molecule has 1 atom stereocenters. The molecule has 0 saturated heterocycles. The number of hydrogen-bond donors (Lipinski definition) is 2. The average molecular weight is 466 g/mol. The third-order valence-corrected chi connectivity index (χ3v) is 4.98. The van der Waals surface area contributed by atoms with E-state index in [1.165, 1.54) is 13.3 Å². The van der Waals surface area contributed by atoms with E-state index in [0.717, 1.165) is 11.1 Å². The van der Waals surface area contributed by atoms with Crippen LogP contribution in [-0.4, -0.2) is 25.1 Å². The second-order valence-corrected chi connectivity index (χ2v) is 7.57. The van der Waals surface area contributed by atoms with Crippen LogP contribution < -0.4 is 20.2 Å². The normalized spacial score (nSPS) is 11.6. The van der Waals surface area contributed by atoms with Crippen LogP contribution in [0.5, 0.6) is 11.5 Å². The monoisotopic (exact) mass is 465 g/mol.